The molecule has 0 aromatic heterocycles. The Labute approximate surface area is 154 Å². The van der Waals surface area contributed by atoms with Gasteiger partial charge in [-0.1, -0.05) is 29.8 Å². The Morgan fingerprint density at radius 2 is 1.89 bits per heavy atom. The van der Waals surface area contributed by atoms with Gasteiger partial charge >= 0.3 is 0 Å². The van der Waals surface area contributed by atoms with E-state index in [4.69, 9.17) is 20.9 Å². The highest BCUT2D eigenvalue weighted by Crippen LogP contribution is 2.11. The summed E-state index contributed by atoms with van der Waals surface area (Å²) in [6, 6.07) is 11.6. The quantitative estimate of drug-likeness (QED) is 0.198. The second kappa shape index (κ2) is 9.38. The molecule has 0 saturated carbocycles. The minimum Gasteiger partial charge on any atom is -0.367 e. The number of nitrogens with zero attached hydrogens (tertiary/aromatic N) is 3. The van der Waals surface area contributed by atoms with Crippen LogP contribution in [-0.4, -0.2) is 40.4 Å². The maximum absolute atomic E-state index is 10.5. The molecule has 0 aliphatic rings. The molecule has 0 bridgehead atoms. The van der Waals surface area contributed by atoms with Crippen LogP contribution in [0.4, 0.5) is 5.69 Å². The van der Waals surface area contributed by atoms with Crippen LogP contribution in [-0.2, 0) is 10.1 Å². The summed E-state index contributed by atoms with van der Waals surface area (Å²) in [6.07, 6.45) is 1.15. The molecule has 0 spiro atoms. The van der Waals surface area contributed by atoms with Gasteiger partial charge in [-0.15, -0.1) is 5.17 Å². The van der Waals surface area contributed by atoms with Crippen LogP contribution in [0.1, 0.15) is 11.1 Å². The predicted molar refractivity (Wildman–Crippen MR) is 97.2 cm³/mol. The Bertz CT molecular complexity index is 943. The summed E-state index contributed by atoms with van der Waals surface area (Å²) in [5.41, 5.74) is 6.20. The SMILES string of the molecule is Cc1ccc(S(=O)(=O)O)cc1.N=C(N)N(O)/N=C/c1cccc([N+](=O)[O-])c1. The van der Waals surface area contributed by atoms with Crippen molar-refractivity contribution in [3.05, 3.63) is 69.8 Å². The Balaban J connectivity index is 0.000000289. The third-order valence-electron chi connectivity index (χ3n) is 2.93. The van der Waals surface area contributed by atoms with E-state index in [-0.39, 0.29) is 15.8 Å². The van der Waals surface area contributed by atoms with Gasteiger partial charge in [0, 0.05) is 17.7 Å². The fourth-order valence-electron chi connectivity index (χ4n) is 1.61. The summed E-state index contributed by atoms with van der Waals surface area (Å²) in [7, 11) is -4.02. The summed E-state index contributed by atoms with van der Waals surface area (Å²) in [4.78, 5) is 9.84. The number of guanidine groups is 1. The van der Waals surface area contributed by atoms with Crippen LogP contribution < -0.4 is 5.73 Å². The summed E-state index contributed by atoms with van der Waals surface area (Å²) >= 11 is 0. The summed E-state index contributed by atoms with van der Waals surface area (Å²) in [5.74, 6) is -0.651. The first-order valence-electron chi connectivity index (χ1n) is 7.16. The van der Waals surface area contributed by atoms with Gasteiger partial charge in [-0.05, 0) is 19.1 Å². The van der Waals surface area contributed by atoms with Crippen LogP contribution in [0.5, 0.6) is 0 Å². The average molecular weight is 395 g/mol. The lowest BCUT2D eigenvalue weighted by Crippen LogP contribution is -2.28. The van der Waals surface area contributed by atoms with Crippen molar-refractivity contribution >= 4 is 28.0 Å². The second-order valence-electron chi connectivity index (χ2n) is 5.06. The molecule has 12 heteroatoms. The number of rotatable bonds is 4. The number of nitro groups is 1. The smallest absolute Gasteiger partial charge is 0.294 e. The van der Waals surface area contributed by atoms with Crippen molar-refractivity contribution in [2.45, 2.75) is 11.8 Å². The number of benzene rings is 2. The molecule has 2 aromatic carbocycles. The molecule has 0 aliphatic heterocycles. The molecule has 0 radical (unpaired) electrons. The second-order valence-corrected chi connectivity index (χ2v) is 6.48. The zero-order chi connectivity index (χ0) is 20.6. The van der Waals surface area contributed by atoms with Gasteiger partial charge in [0.05, 0.1) is 16.0 Å². The van der Waals surface area contributed by atoms with Crippen LogP contribution in [0, 0.1) is 22.4 Å². The van der Waals surface area contributed by atoms with Crippen LogP contribution in [0.25, 0.3) is 0 Å². The summed E-state index contributed by atoms with van der Waals surface area (Å²) < 4.78 is 29.6. The van der Waals surface area contributed by atoms with Crippen molar-refractivity contribution < 1.29 is 23.1 Å². The molecule has 0 aliphatic carbocycles. The number of hydroxylamine groups is 1. The van der Waals surface area contributed by atoms with Crippen molar-refractivity contribution in [3.63, 3.8) is 0 Å². The topological polar surface area (TPSA) is 183 Å². The minimum absolute atomic E-state index is 0.0666. The molecule has 0 fully saturated rings. The van der Waals surface area contributed by atoms with Gasteiger partial charge in [0.15, 0.2) is 0 Å². The molecule has 2 rings (SSSR count). The maximum atomic E-state index is 10.5. The molecule has 5 N–H and O–H groups in total. The molecule has 0 saturated heterocycles. The number of nitro benzene ring substituents is 1. The molecule has 0 heterocycles. The van der Waals surface area contributed by atoms with Gasteiger partial charge < -0.3 is 5.73 Å². The Kier molecular flexibility index (Phi) is 7.53. The number of hydrogen-bond donors (Lipinski definition) is 4. The molecule has 0 atom stereocenters. The van der Waals surface area contributed by atoms with Gasteiger partial charge in [0.1, 0.15) is 0 Å². The van der Waals surface area contributed by atoms with Crippen molar-refractivity contribution in [3.8, 4) is 0 Å². The van der Waals surface area contributed by atoms with Crippen molar-refractivity contribution in [1.82, 2.24) is 5.17 Å². The van der Waals surface area contributed by atoms with Gasteiger partial charge in [0.2, 0.25) is 5.96 Å². The number of non-ortho nitro benzene ring substituents is 1. The molecule has 0 amide bonds. The molecule has 11 nitrogen and oxygen atoms in total. The lowest BCUT2D eigenvalue weighted by atomic mass is 10.2. The zero-order valence-electron chi connectivity index (χ0n) is 14.1. The maximum Gasteiger partial charge on any atom is 0.294 e. The highest BCUT2D eigenvalue weighted by molar-refractivity contribution is 7.85. The molecular formula is C15H17N5O6S. The van der Waals surface area contributed by atoms with E-state index in [9.17, 15) is 18.5 Å². The Morgan fingerprint density at radius 3 is 2.37 bits per heavy atom. The number of nitrogens with two attached hydrogens (primary N) is 1. The van der Waals surface area contributed by atoms with E-state index in [0.29, 0.717) is 5.56 Å². The highest BCUT2D eigenvalue weighted by Gasteiger charge is 2.07. The van der Waals surface area contributed by atoms with Gasteiger partial charge in [-0.2, -0.15) is 13.5 Å². The van der Waals surface area contributed by atoms with E-state index in [0.717, 1.165) is 11.8 Å². The van der Waals surface area contributed by atoms with Crippen LogP contribution in [0.2, 0.25) is 0 Å². The molecular weight excluding hydrogens is 378 g/mol. The molecule has 27 heavy (non-hydrogen) atoms. The van der Waals surface area contributed by atoms with Crippen molar-refractivity contribution in [2.75, 3.05) is 0 Å². The Hall–Kier alpha value is -3.35. The van der Waals surface area contributed by atoms with Gasteiger partial charge in [0.25, 0.3) is 15.8 Å². The number of nitrogens with one attached hydrogen (secondary N) is 1. The zero-order valence-corrected chi connectivity index (χ0v) is 14.9. The third-order valence-corrected chi connectivity index (χ3v) is 3.80. The highest BCUT2D eigenvalue weighted by atomic mass is 32.2. The largest absolute Gasteiger partial charge is 0.367 e. The number of aryl methyl sites for hydroxylation is 1. The van der Waals surface area contributed by atoms with Crippen LogP contribution in [0.3, 0.4) is 0 Å². The number of hydrazone groups is 1. The monoisotopic (exact) mass is 395 g/mol. The first kappa shape index (κ1) is 21.7. The van der Waals surface area contributed by atoms with Crippen molar-refractivity contribution in [2.24, 2.45) is 10.8 Å². The van der Waals surface area contributed by atoms with E-state index < -0.39 is 21.0 Å². The normalized spacial score (nSPS) is 10.8. The van der Waals surface area contributed by atoms with E-state index >= 15 is 0 Å². The van der Waals surface area contributed by atoms with E-state index in [1.807, 2.05) is 6.92 Å². The number of hydrogen-bond acceptors (Lipinski definition) is 7. The fourth-order valence-corrected chi connectivity index (χ4v) is 2.09. The molecule has 144 valence electrons. The lowest BCUT2D eigenvalue weighted by molar-refractivity contribution is -0.384. The summed E-state index contributed by atoms with van der Waals surface area (Å²) in [6.45, 7) is 1.84. The first-order valence-corrected chi connectivity index (χ1v) is 8.60. The average Bonchev–Trinajstić information content (AvgIpc) is 2.60. The van der Waals surface area contributed by atoms with Crippen LogP contribution >= 0.6 is 0 Å². The van der Waals surface area contributed by atoms with E-state index in [1.54, 1.807) is 18.2 Å². The van der Waals surface area contributed by atoms with Crippen LogP contribution in [0.15, 0.2) is 58.5 Å². The standard InChI is InChI=1S/C8H9N5O3.C7H8O3S/c9-8(10)12(14)11-5-6-2-1-3-7(4-6)13(15)16;1-6-2-4-7(5-3-6)11(8,9)10/h1-5,14H,(H3,9,10);2-5H,1H3,(H,8,9,10)/b11-5+;. The molecule has 0 unspecified atom stereocenters. The summed E-state index contributed by atoms with van der Waals surface area (Å²) in [5, 5.41) is 29.7. The fraction of sp³-hybridized carbons (Fsp3) is 0.0667. The lowest BCUT2D eigenvalue weighted by Gasteiger charge is -2.05. The molecule has 2 aromatic rings. The minimum atomic E-state index is -4.02. The van der Waals surface area contributed by atoms with Crippen molar-refractivity contribution in [1.29, 1.82) is 5.41 Å². The Morgan fingerprint density at radius 1 is 1.30 bits per heavy atom. The third kappa shape index (κ3) is 7.60. The van der Waals surface area contributed by atoms with Gasteiger partial charge in [-0.25, -0.2) is 0 Å². The predicted octanol–water partition coefficient (Wildman–Crippen LogP) is 1.76. The van der Waals surface area contributed by atoms with E-state index in [2.05, 4.69) is 5.10 Å². The van der Waals surface area contributed by atoms with Gasteiger partial charge in [-0.3, -0.25) is 25.3 Å². The van der Waals surface area contributed by atoms with E-state index in [1.165, 1.54) is 30.3 Å². The first-order chi connectivity index (χ1) is 12.5.